The standard InChI is InChI=1S/C21H26N4O2/c1-5-6-11-26-15-10-8-7-9-13(15)16-14(12-22)19(23)27-20-17(16)18(24-25-20)21(2,3)4/h7-10,16H,5-6,11,23H2,1-4H3,(H,24,25)/t16-/m0/s1. The fourth-order valence-corrected chi connectivity index (χ4v) is 3.30. The zero-order valence-corrected chi connectivity index (χ0v) is 16.3. The molecule has 142 valence electrons. The van der Waals surface area contributed by atoms with Gasteiger partial charge in [0.2, 0.25) is 11.8 Å². The van der Waals surface area contributed by atoms with E-state index >= 15 is 0 Å². The molecule has 0 fully saturated rings. The van der Waals surface area contributed by atoms with Crippen LogP contribution in [-0.2, 0) is 5.41 Å². The van der Waals surface area contributed by atoms with Crippen molar-refractivity contribution in [3.63, 3.8) is 0 Å². The Hall–Kier alpha value is -2.94. The van der Waals surface area contributed by atoms with Gasteiger partial charge in [-0.25, -0.2) is 0 Å². The number of unbranched alkanes of at least 4 members (excludes halogenated alkanes) is 1. The molecule has 0 radical (unpaired) electrons. The molecule has 0 saturated carbocycles. The summed E-state index contributed by atoms with van der Waals surface area (Å²) in [5, 5.41) is 17.2. The summed E-state index contributed by atoms with van der Waals surface area (Å²) in [6.07, 6.45) is 2.02. The summed E-state index contributed by atoms with van der Waals surface area (Å²) in [6.45, 7) is 9.03. The van der Waals surface area contributed by atoms with Gasteiger partial charge in [0.05, 0.1) is 18.1 Å². The van der Waals surface area contributed by atoms with Gasteiger partial charge < -0.3 is 15.2 Å². The first-order chi connectivity index (χ1) is 12.9. The second-order valence-corrected chi connectivity index (χ2v) is 7.73. The maximum atomic E-state index is 9.82. The number of hydrogen-bond acceptors (Lipinski definition) is 5. The largest absolute Gasteiger partial charge is 0.493 e. The van der Waals surface area contributed by atoms with Crippen LogP contribution in [0.2, 0.25) is 0 Å². The normalized spacial score (nSPS) is 16.5. The molecule has 6 nitrogen and oxygen atoms in total. The molecular weight excluding hydrogens is 340 g/mol. The van der Waals surface area contributed by atoms with Crippen LogP contribution >= 0.6 is 0 Å². The van der Waals surface area contributed by atoms with Crippen LogP contribution in [0.25, 0.3) is 0 Å². The van der Waals surface area contributed by atoms with E-state index in [1.54, 1.807) is 0 Å². The Morgan fingerprint density at radius 3 is 2.74 bits per heavy atom. The molecule has 3 rings (SSSR count). The van der Waals surface area contributed by atoms with Crippen LogP contribution < -0.4 is 15.2 Å². The van der Waals surface area contributed by atoms with Crippen LogP contribution in [0.1, 0.15) is 63.3 Å². The lowest BCUT2D eigenvalue weighted by atomic mass is 9.78. The van der Waals surface area contributed by atoms with E-state index in [1.807, 2.05) is 24.3 Å². The summed E-state index contributed by atoms with van der Waals surface area (Å²) in [5.74, 6) is 0.880. The second kappa shape index (κ2) is 7.36. The number of nitrogens with two attached hydrogens (primary N) is 1. The summed E-state index contributed by atoms with van der Waals surface area (Å²) in [4.78, 5) is 0. The Balaban J connectivity index is 2.18. The molecule has 1 aromatic carbocycles. The molecule has 6 heteroatoms. The average Bonchev–Trinajstić information content (AvgIpc) is 3.05. The lowest BCUT2D eigenvalue weighted by Gasteiger charge is -2.28. The Labute approximate surface area is 160 Å². The Kier molecular flexibility index (Phi) is 5.13. The topological polar surface area (TPSA) is 96.9 Å². The Morgan fingerprint density at radius 2 is 2.07 bits per heavy atom. The molecule has 2 heterocycles. The molecule has 1 aromatic heterocycles. The van der Waals surface area contributed by atoms with Crippen molar-refractivity contribution in [1.29, 1.82) is 5.26 Å². The number of benzene rings is 1. The van der Waals surface area contributed by atoms with Crippen LogP contribution in [0, 0.1) is 11.3 Å². The third-order valence-electron chi connectivity index (χ3n) is 4.67. The van der Waals surface area contributed by atoms with Crippen LogP contribution in [0.5, 0.6) is 11.6 Å². The van der Waals surface area contributed by atoms with Crippen molar-refractivity contribution in [1.82, 2.24) is 10.2 Å². The molecule has 2 aromatic rings. The molecule has 1 atom stereocenters. The quantitative estimate of drug-likeness (QED) is 0.776. The highest BCUT2D eigenvalue weighted by Crippen LogP contribution is 2.47. The van der Waals surface area contributed by atoms with Crippen molar-refractivity contribution >= 4 is 0 Å². The molecule has 27 heavy (non-hydrogen) atoms. The second-order valence-electron chi connectivity index (χ2n) is 7.73. The van der Waals surface area contributed by atoms with Gasteiger partial charge in [-0.1, -0.05) is 52.3 Å². The van der Waals surface area contributed by atoms with Crippen LogP contribution in [-0.4, -0.2) is 16.8 Å². The first-order valence-electron chi connectivity index (χ1n) is 9.26. The molecule has 0 amide bonds. The molecule has 3 N–H and O–H groups in total. The van der Waals surface area contributed by atoms with E-state index in [2.05, 4.69) is 44.0 Å². The third-order valence-corrected chi connectivity index (χ3v) is 4.67. The molecule has 0 bridgehead atoms. The van der Waals surface area contributed by atoms with Crippen LogP contribution in [0.15, 0.2) is 35.7 Å². The number of allylic oxidation sites excluding steroid dienone is 1. The molecule has 0 spiro atoms. The van der Waals surface area contributed by atoms with E-state index in [0.29, 0.717) is 18.1 Å². The SMILES string of the molecule is CCCCOc1ccccc1[C@H]1C(C#N)=C(N)Oc2n[nH]c(C(C)(C)C)c21. The summed E-state index contributed by atoms with van der Waals surface area (Å²) < 4.78 is 11.7. The van der Waals surface area contributed by atoms with Gasteiger partial charge in [-0.2, -0.15) is 5.26 Å². The molecule has 0 saturated heterocycles. The van der Waals surface area contributed by atoms with Crippen molar-refractivity contribution in [3.8, 4) is 17.7 Å². The molecule has 0 aliphatic carbocycles. The number of rotatable bonds is 5. The lowest BCUT2D eigenvalue weighted by Crippen LogP contribution is -2.24. The smallest absolute Gasteiger partial charge is 0.244 e. The van der Waals surface area contributed by atoms with E-state index in [-0.39, 0.29) is 17.2 Å². The third kappa shape index (κ3) is 3.50. The molecule has 1 aliphatic heterocycles. The summed E-state index contributed by atoms with van der Waals surface area (Å²) >= 11 is 0. The van der Waals surface area contributed by atoms with E-state index < -0.39 is 0 Å². The number of aromatic amines is 1. The highest BCUT2D eigenvalue weighted by molar-refractivity contribution is 5.58. The van der Waals surface area contributed by atoms with Crippen LogP contribution in [0.4, 0.5) is 0 Å². The highest BCUT2D eigenvalue weighted by atomic mass is 16.5. The minimum Gasteiger partial charge on any atom is -0.493 e. The number of H-pyrrole nitrogens is 1. The first-order valence-corrected chi connectivity index (χ1v) is 9.26. The first kappa shape index (κ1) is 18.8. The predicted molar refractivity (Wildman–Crippen MR) is 103 cm³/mol. The maximum absolute atomic E-state index is 9.82. The zero-order chi connectivity index (χ0) is 19.6. The summed E-state index contributed by atoms with van der Waals surface area (Å²) in [7, 11) is 0. The van der Waals surface area contributed by atoms with Gasteiger partial charge in [0, 0.05) is 16.7 Å². The minimum absolute atomic E-state index is 0.0883. The number of aromatic nitrogens is 2. The zero-order valence-electron chi connectivity index (χ0n) is 16.3. The van der Waals surface area contributed by atoms with Crippen molar-refractivity contribution in [2.75, 3.05) is 6.61 Å². The fourth-order valence-electron chi connectivity index (χ4n) is 3.30. The van der Waals surface area contributed by atoms with Crippen molar-refractivity contribution in [2.45, 2.75) is 51.9 Å². The molecular formula is C21H26N4O2. The van der Waals surface area contributed by atoms with Gasteiger partial charge in [-0.15, -0.1) is 5.10 Å². The van der Waals surface area contributed by atoms with Crippen molar-refractivity contribution < 1.29 is 9.47 Å². The lowest BCUT2D eigenvalue weighted by molar-refractivity contribution is 0.305. The summed E-state index contributed by atoms with van der Waals surface area (Å²) in [5.41, 5.74) is 8.90. The van der Waals surface area contributed by atoms with Crippen LogP contribution in [0.3, 0.4) is 0 Å². The maximum Gasteiger partial charge on any atom is 0.244 e. The van der Waals surface area contributed by atoms with Crippen molar-refractivity contribution in [2.24, 2.45) is 5.73 Å². The number of para-hydroxylation sites is 1. The number of hydrogen-bond donors (Lipinski definition) is 2. The summed E-state index contributed by atoms with van der Waals surface area (Å²) in [6, 6.07) is 10.0. The van der Waals surface area contributed by atoms with E-state index in [0.717, 1.165) is 35.4 Å². The van der Waals surface area contributed by atoms with E-state index in [1.165, 1.54) is 0 Å². The monoisotopic (exact) mass is 366 g/mol. The van der Waals surface area contributed by atoms with Gasteiger partial charge in [0.15, 0.2) is 0 Å². The molecule has 1 aliphatic rings. The molecule has 0 unspecified atom stereocenters. The van der Waals surface area contributed by atoms with E-state index in [9.17, 15) is 5.26 Å². The average molecular weight is 366 g/mol. The van der Waals surface area contributed by atoms with Gasteiger partial charge in [0.25, 0.3) is 0 Å². The van der Waals surface area contributed by atoms with Crippen molar-refractivity contribution in [3.05, 3.63) is 52.5 Å². The van der Waals surface area contributed by atoms with Gasteiger partial charge in [0.1, 0.15) is 17.4 Å². The Bertz CT molecular complexity index is 900. The minimum atomic E-state index is -0.385. The highest BCUT2D eigenvalue weighted by Gasteiger charge is 2.39. The number of ether oxygens (including phenoxy) is 2. The van der Waals surface area contributed by atoms with Gasteiger partial charge >= 0.3 is 0 Å². The van der Waals surface area contributed by atoms with E-state index in [4.69, 9.17) is 15.2 Å². The number of nitrogens with one attached hydrogen (secondary N) is 1. The predicted octanol–water partition coefficient (Wildman–Crippen LogP) is 4.10. The van der Waals surface area contributed by atoms with Gasteiger partial charge in [-0.05, 0) is 12.5 Å². The number of nitriles is 1. The number of fused-ring (bicyclic) bond motifs is 1. The number of nitrogens with zero attached hydrogens (tertiary/aromatic N) is 2. The van der Waals surface area contributed by atoms with Gasteiger partial charge in [-0.3, -0.25) is 5.10 Å². The Morgan fingerprint density at radius 1 is 1.33 bits per heavy atom. The fraction of sp³-hybridized carbons (Fsp3) is 0.429.